The topological polar surface area (TPSA) is 66.4 Å². The molecular formula is C23H25FN4O2S. The van der Waals surface area contributed by atoms with Gasteiger partial charge in [0, 0.05) is 50.4 Å². The van der Waals surface area contributed by atoms with Crippen LogP contribution in [0.5, 0.6) is 0 Å². The number of nitrogens with zero attached hydrogens (tertiary/aromatic N) is 4. The van der Waals surface area contributed by atoms with Gasteiger partial charge in [0.1, 0.15) is 5.82 Å². The molecule has 0 bridgehead atoms. The van der Waals surface area contributed by atoms with Crippen molar-refractivity contribution in [1.29, 1.82) is 0 Å². The van der Waals surface area contributed by atoms with Gasteiger partial charge in [-0.25, -0.2) is 22.8 Å². The molecule has 6 nitrogen and oxygen atoms in total. The first-order chi connectivity index (χ1) is 14.9. The van der Waals surface area contributed by atoms with E-state index in [0.29, 0.717) is 42.3 Å². The van der Waals surface area contributed by atoms with Crippen LogP contribution >= 0.6 is 0 Å². The number of hydrogen-bond acceptors (Lipinski definition) is 5. The number of anilines is 1. The van der Waals surface area contributed by atoms with Crippen LogP contribution in [-0.2, 0) is 10.0 Å². The van der Waals surface area contributed by atoms with Crippen molar-refractivity contribution >= 4 is 16.0 Å². The van der Waals surface area contributed by atoms with Gasteiger partial charge in [-0.2, -0.15) is 4.31 Å². The van der Waals surface area contributed by atoms with E-state index in [9.17, 15) is 12.8 Å². The normalized spacial score (nSPS) is 17.5. The Morgan fingerprint density at radius 2 is 1.74 bits per heavy atom. The lowest BCUT2D eigenvalue weighted by Gasteiger charge is -2.32. The molecule has 1 aliphatic heterocycles. The Bertz CT molecular complexity index is 1170. The Balaban J connectivity index is 1.74. The van der Waals surface area contributed by atoms with E-state index in [4.69, 9.17) is 4.98 Å². The van der Waals surface area contributed by atoms with Gasteiger partial charge in [0.25, 0.3) is 0 Å². The molecule has 0 amide bonds. The summed E-state index contributed by atoms with van der Waals surface area (Å²) in [6.07, 6.45) is 3.11. The lowest BCUT2D eigenvalue weighted by Crippen LogP contribution is -2.39. The fraction of sp³-hybridized carbons (Fsp3) is 0.304. The number of rotatable bonds is 5. The van der Waals surface area contributed by atoms with E-state index in [1.165, 1.54) is 10.4 Å². The molecule has 4 rings (SSSR count). The third-order valence-electron chi connectivity index (χ3n) is 5.52. The van der Waals surface area contributed by atoms with Crippen LogP contribution in [0.1, 0.15) is 24.5 Å². The Hall–Kier alpha value is -2.84. The highest BCUT2D eigenvalue weighted by Crippen LogP contribution is 2.36. The zero-order valence-corrected chi connectivity index (χ0v) is 18.4. The number of piperidine rings is 1. The van der Waals surface area contributed by atoms with Gasteiger partial charge in [-0.3, -0.25) is 0 Å². The fourth-order valence-electron chi connectivity index (χ4n) is 3.92. The van der Waals surface area contributed by atoms with Crippen molar-refractivity contribution in [2.24, 2.45) is 0 Å². The zero-order valence-electron chi connectivity index (χ0n) is 17.6. The van der Waals surface area contributed by atoms with Crippen molar-refractivity contribution in [3.63, 3.8) is 0 Å². The van der Waals surface area contributed by atoms with Crippen molar-refractivity contribution in [3.05, 3.63) is 72.3 Å². The number of halogens is 1. The smallest absolute Gasteiger partial charge is 0.243 e. The summed E-state index contributed by atoms with van der Waals surface area (Å²) in [5.74, 6) is -0.00352. The fourth-order valence-corrected chi connectivity index (χ4v) is 5.47. The highest BCUT2D eigenvalue weighted by atomic mass is 32.2. The van der Waals surface area contributed by atoms with Crippen LogP contribution in [0.2, 0.25) is 0 Å². The standard InChI is InChI=1S/C23H25FN4O2S/c1-27(2)23-25-15-20(19-12-6-7-13-21(19)24)22(26-23)17-9-8-14-28(16-17)31(29,30)18-10-4-3-5-11-18/h3-7,10-13,15,17H,8-9,14,16H2,1-2H3/t17-/m0/s1. The maximum absolute atomic E-state index is 14.6. The molecular weight excluding hydrogens is 415 g/mol. The maximum Gasteiger partial charge on any atom is 0.243 e. The first-order valence-corrected chi connectivity index (χ1v) is 11.7. The molecule has 3 aromatic rings. The summed E-state index contributed by atoms with van der Waals surface area (Å²) in [5.41, 5.74) is 1.70. The van der Waals surface area contributed by atoms with Crippen molar-refractivity contribution in [1.82, 2.24) is 14.3 Å². The van der Waals surface area contributed by atoms with Gasteiger partial charge >= 0.3 is 0 Å². The quantitative estimate of drug-likeness (QED) is 0.602. The van der Waals surface area contributed by atoms with Crippen LogP contribution in [0, 0.1) is 5.82 Å². The second-order valence-electron chi connectivity index (χ2n) is 7.86. The second-order valence-corrected chi connectivity index (χ2v) is 9.80. The summed E-state index contributed by atoms with van der Waals surface area (Å²) in [4.78, 5) is 11.2. The summed E-state index contributed by atoms with van der Waals surface area (Å²) < 4.78 is 42.5. The monoisotopic (exact) mass is 440 g/mol. The summed E-state index contributed by atoms with van der Waals surface area (Å²) in [6, 6.07) is 15.0. The molecule has 0 N–H and O–H groups in total. The Morgan fingerprint density at radius 1 is 1.03 bits per heavy atom. The molecule has 0 radical (unpaired) electrons. The van der Waals surface area contributed by atoms with Crippen LogP contribution in [0.25, 0.3) is 11.1 Å². The average Bonchev–Trinajstić information content (AvgIpc) is 2.80. The lowest BCUT2D eigenvalue weighted by molar-refractivity contribution is 0.313. The minimum atomic E-state index is -3.61. The molecule has 1 aliphatic rings. The van der Waals surface area contributed by atoms with E-state index in [0.717, 1.165) is 6.42 Å². The van der Waals surface area contributed by atoms with Crippen LogP contribution in [-0.4, -0.2) is 49.9 Å². The van der Waals surface area contributed by atoms with Crippen LogP contribution in [0.3, 0.4) is 0 Å². The molecule has 31 heavy (non-hydrogen) atoms. The highest BCUT2D eigenvalue weighted by Gasteiger charge is 2.33. The lowest BCUT2D eigenvalue weighted by atomic mass is 9.90. The third kappa shape index (κ3) is 4.31. The molecule has 162 valence electrons. The summed E-state index contributed by atoms with van der Waals surface area (Å²) >= 11 is 0. The van der Waals surface area contributed by atoms with Gasteiger partial charge in [-0.05, 0) is 31.0 Å². The van der Waals surface area contributed by atoms with Crippen molar-refractivity contribution in [3.8, 4) is 11.1 Å². The molecule has 1 atom stereocenters. The molecule has 0 saturated carbocycles. The summed E-state index contributed by atoms with van der Waals surface area (Å²) in [7, 11) is 0.0748. The Labute approximate surface area is 182 Å². The average molecular weight is 441 g/mol. The van der Waals surface area contributed by atoms with Crippen LogP contribution in [0.4, 0.5) is 10.3 Å². The van der Waals surface area contributed by atoms with Gasteiger partial charge in [0.05, 0.1) is 10.6 Å². The van der Waals surface area contributed by atoms with Crippen molar-refractivity contribution in [2.45, 2.75) is 23.7 Å². The number of sulfonamides is 1. The third-order valence-corrected chi connectivity index (χ3v) is 7.40. The predicted molar refractivity (Wildman–Crippen MR) is 119 cm³/mol. The number of benzene rings is 2. The largest absolute Gasteiger partial charge is 0.347 e. The van der Waals surface area contributed by atoms with E-state index in [1.807, 2.05) is 14.1 Å². The minimum Gasteiger partial charge on any atom is -0.347 e. The Morgan fingerprint density at radius 3 is 2.45 bits per heavy atom. The molecule has 2 heterocycles. The van der Waals surface area contributed by atoms with E-state index >= 15 is 0 Å². The van der Waals surface area contributed by atoms with E-state index in [-0.39, 0.29) is 16.6 Å². The molecule has 1 aromatic heterocycles. The molecule has 0 aliphatic carbocycles. The SMILES string of the molecule is CN(C)c1ncc(-c2ccccc2F)c([C@H]2CCCN(S(=O)(=O)c3ccccc3)C2)n1. The number of hydrogen-bond donors (Lipinski definition) is 0. The van der Waals surface area contributed by atoms with Crippen molar-refractivity contribution in [2.75, 3.05) is 32.1 Å². The highest BCUT2D eigenvalue weighted by molar-refractivity contribution is 7.89. The van der Waals surface area contributed by atoms with Crippen molar-refractivity contribution < 1.29 is 12.8 Å². The van der Waals surface area contributed by atoms with E-state index < -0.39 is 10.0 Å². The van der Waals surface area contributed by atoms with Gasteiger partial charge < -0.3 is 4.90 Å². The van der Waals surface area contributed by atoms with Gasteiger partial charge in [-0.1, -0.05) is 36.4 Å². The molecule has 0 unspecified atom stereocenters. The molecule has 0 spiro atoms. The van der Waals surface area contributed by atoms with Gasteiger partial charge in [0.2, 0.25) is 16.0 Å². The summed E-state index contributed by atoms with van der Waals surface area (Å²) in [6.45, 7) is 0.747. The maximum atomic E-state index is 14.6. The van der Waals surface area contributed by atoms with Crippen LogP contribution in [0.15, 0.2) is 65.7 Å². The zero-order chi connectivity index (χ0) is 22.0. The predicted octanol–water partition coefficient (Wildman–Crippen LogP) is 3.92. The van der Waals surface area contributed by atoms with Gasteiger partial charge in [0.15, 0.2) is 0 Å². The Kier molecular flexibility index (Phi) is 6.02. The first kappa shape index (κ1) is 21.4. The molecule has 1 saturated heterocycles. The molecule has 8 heteroatoms. The van der Waals surface area contributed by atoms with Gasteiger partial charge in [-0.15, -0.1) is 0 Å². The van der Waals surface area contributed by atoms with E-state index in [1.54, 1.807) is 59.6 Å². The second kappa shape index (κ2) is 8.72. The molecule has 1 fully saturated rings. The van der Waals surface area contributed by atoms with Crippen LogP contribution < -0.4 is 4.90 Å². The summed E-state index contributed by atoms with van der Waals surface area (Å²) in [5, 5.41) is 0. The molecule has 2 aromatic carbocycles. The van der Waals surface area contributed by atoms with E-state index in [2.05, 4.69) is 4.98 Å². The minimum absolute atomic E-state index is 0.163. The number of aromatic nitrogens is 2. The first-order valence-electron chi connectivity index (χ1n) is 10.2.